The largest absolute Gasteiger partial charge is 0.480 e. The molecule has 0 aromatic heterocycles. The second-order valence-electron chi connectivity index (χ2n) is 4.43. The van der Waals surface area contributed by atoms with E-state index in [2.05, 4.69) is 0 Å². The maximum Gasteiger partial charge on any atom is 0.317 e. The highest BCUT2D eigenvalue weighted by Gasteiger charge is 2.27. The van der Waals surface area contributed by atoms with Crippen molar-refractivity contribution in [3.63, 3.8) is 0 Å². The summed E-state index contributed by atoms with van der Waals surface area (Å²) >= 11 is 0. The molecule has 132 valence electrons. The number of aliphatic carboxylic acids is 2. The van der Waals surface area contributed by atoms with E-state index in [0.29, 0.717) is 4.90 Å². The highest BCUT2D eigenvalue weighted by atomic mass is 19.2. The Balaban J connectivity index is 2.98. The quantitative estimate of drug-likeness (QED) is 0.379. The molecule has 0 aliphatic rings. The van der Waals surface area contributed by atoms with Crippen molar-refractivity contribution in [3.05, 3.63) is 29.1 Å². The molecule has 7 nitrogen and oxygen atoms in total. The van der Waals surface area contributed by atoms with Gasteiger partial charge in [-0.05, 0) is 0 Å². The number of hydrogen-bond donors (Lipinski definition) is 3. The van der Waals surface area contributed by atoms with Crippen LogP contribution >= 0.6 is 0 Å². The summed E-state index contributed by atoms with van der Waals surface area (Å²) in [5, 5.41) is 18.5. The Morgan fingerprint density at radius 1 is 0.750 bits per heavy atom. The van der Waals surface area contributed by atoms with Crippen molar-refractivity contribution in [1.29, 1.82) is 0 Å². The highest BCUT2D eigenvalue weighted by Crippen LogP contribution is 2.27. The number of nitrogens with zero attached hydrogens (tertiary/aromatic N) is 1. The van der Waals surface area contributed by atoms with Gasteiger partial charge in [-0.3, -0.25) is 19.3 Å². The fourth-order valence-electron chi connectivity index (χ4n) is 1.65. The Morgan fingerprint density at radius 2 is 1.12 bits per heavy atom. The number of benzene rings is 1. The van der Waals surface area contributed by atoms with E-state index in [1.165, 1.54) is 5.32 Å². The standard InChI is InChI=1S/C12H9F5N2O5/c13-7-8(14)10(16)12(11(17)9(7)15)18-4(20)1-19(2-5(21)22)3-6(23)24/h1-3H2,(H,18,20)(H,21,22)(H,23,24). The second kappa shape index (κ2) is 7.68. The van der Waals surface area contributed by atoms with Crippen LogP contribution in [0.3, 0.4) is 0 Å². The van der Waals surface area contributed by atoms with Crippen molar-refractivity contribution in [1.82, 2.24) is 4.90 Å². The minimum absolute atomic E-state index is 0.562. The molecule has 1 aromatic carbocycles. The van der Waals surface area contributed by atoms with Crippen LogP contribution in [0, 0.1) is 29.1 Å². The number of halogens is 5. The molecule has 24 heavy (non-hydrogen) atoms. The Hall–Kier alpha value is -2.76. The zero-order chi connectivity index (χ0) is 18.6. The highest BCUT2D eigenvalue weighted by molar-refractivity contribution is 5.93. The first kappa shape index (κ1) is 19.3. The lowest BCUT2D eigenvalue weighted by Gasteiger charge is -2.17. The normalized spacial score (nSPS) is 10.8. The van der Waals surface area contributed by atoms with E-state index in [4.69, 9.17) is 10.2 Å². The minimum atomic E-state index is -2.42. The maximum absolute atomic E-state index is 13.4. The van der Waals surface area contributed by atoms with E-state index in [1.54, 1.807) is 0 Å². The molecule has 0 aliphatic heterocycles. The third kappa shape index (κ3) is 4.62. The average molecular weight is 356 g/mol. The van der Waals surface area contributed by atoms with Crippen LogP contribution in [-0.2, 0) is 14.4 Å². The molecule has 0 heterocycles. The lowest BCUT2D eigenvalue weighted by Crippen LogP contribution is -2.40. The Bertz CT molecular complexity index is 652. The predicted molar refractivity (Wildman–Crippen MR) is 66.6 cm³/mol. The first-order valence-electron chi connectivity index (χ1n) is 6.01. The lowest BCUT2D eigenvalue weighted by molar-refractivity contribution is -0.142. The van der Waals surface area contributed by atoms with E-state index >= 15 is 0 Å². The van der Waals surface area contributed by atoms with Gasteiger partial charge in [0, 0.05) is 0 Å². The van der Waals surface area contributed by atoms with Crippen LogP contribution in [0.2, 0.25) is 0 Å². The molecule has 0 radical (unpaired) electrons. The molecular formula is C12H9F5N2O5. The van der Waals surface area contributed by atoms with Gasteiger partial charge >= 0.3 is 11.9 Å². The van der Waals surface area contributed by atoms with Gasteiger partial charge in [-0.2, -0.15) is 0 Å². The topological polar surface area (TPSA) is 107 Å². The zero-order valence-corrected chi connectivity index (χ0v) is 11.6. The molecule has 1 rings (SSSR count). The van der Waals surface area contributed by atoms with Crippen molar-refractivity contribution in [2.75, 3.05) is 25.0 Å². The smallest absolute Gasteiger partial charge is 0.317 e. The van der Waals surface area contributed by atoms with Crippen molar-refractivity contribution in [3.8, 4) is 0 Å². The predicted octanol–water partition coefficient (Wildman–Crippen LogP) is 0.792. The first-order chi connectivity index (χ1) is 11.0. The van der Waals surface area contributed by atoms with Gasteiger partial charge in [-0.25, -0.2) is 22.0 Å². The molecule has 0 saturated heterocycles. The van der Waals surface area contributed by atoms with E-state index < -0.39 is 72.3 Å². The number of carbonyl (C=O) groups is 3. The van der Waals surface area contributed by atoms with Gasteiger partial charge in [0.25, 0.3) is 0 Å². The molecule has 0 fully saturated rings. The van der Waals surface area contributed by atoms with Crippen LogP contribution in [0.1, 0.15) is 0 Å². The zero-order valence-electron chi connectivity index (χ0n) is 11.6. The third-order valence-electron chi connectivity index (χ3n) is 2.56. The molecule has 1 aromatic rings. The van der Waals surface area contributed by atoms with Crippen LogP contribution < -0.4 is 5.32 Å². The number of rotatable bonds is 7. The molecule has 0 atom stereocenters. The molecule has 12 heteroatoms. The number of amides is 1. The number of carbonyl (C=O) groups excluding carboxylic acids is 1. The van der Waals surface area contributed by atoms with E-state index in [0.717, 1.165) is 0 Å². The summed E-state index contributed by atoms with van der Waals surface area (Å²) < 4.78 is 65.6. The van der Waals surface area contributed by atoms with Crippen LogP contribution in [0.15, 0.2) is 0 Å². The number of nitrogens with one attached hydrogen (secondary N) is 1. The van der Waals surface area contributed by atoms with Crippen LogP contribution in [0.4, 0.5) is 27.6 Å². The average Bonchev–Trinajstić information content (AvgIpc) is 2.46. The van der Waals surface area contributed by atoms with E-state index in [-0.39, 0.29) is 0 Å². The first-order valence-corrected chi connectivity index (χ1v) is 6.01. The number of carboxylic acid groups (broad SMARTS) is 2. The number of carboxylic acids is 2. The molecule has 1 amide bonds. The summed E-state index contributed by atoms with van der Waals surface area (Å²) in [5.74, 6) is -15.9. The third-order valence-corrected chi connectivity index (χ3v) is 2.56. The summed E-state index contributed by atoms with van der Waals surface area (Å²) in [6.45, 7) is -2.79. The van der Waals surface area contributed by atoms with Crippen molar-refractivity contribution in [2.24, 2.45) is 0 Å². The molecule has 0 unspecified atom stereocenters. The van der Waals surface area contributed by atoms with E-state index in [1.807, 2.05) is 0 Å². The molecular weight excluding hydrogens is 347 g/mol. The van der Waals surface area contributed by atoms with Crippen LogP contribution in [0.25, 0.3) is 0 Å². The fourth-order valence-corrected chi connectivity index (χ4v) is 1.65. The van der Waals surface area contributed by atoms with Gasteiger partial charge < -0.3 is 15.5 Å². The number of hydrogen-bond acceptors (Lipinski definition) is 4. The monoisotopic (exact) mass is 356 g/mol. The van der Waals surface area contributed by atoms with Gasteiger partial charge in [0.15, 0.2) is 23.3 Å². The Labute approximate surface area is 130 Å². The van der Waals surface area contributed by atoms with Gasteiger partial charge in [0.1, 0.15) is 5.69 Å². The summed E-state index contributed by atoms with van der Waals surface area (Å²) in [7, 11) is 0. The molecule has 0 saturated carbocycles. The Morgan fingerprint density at radius 3 is 1.50 bits per heavy atom. The van der Waals surface area contributed by atoms with Gasteiger partial charge in [0.05, 0.1) is 19.6 Å². The Kier molecular flexibility index (Phi) is 6.17. The maximum atomic E-state index is 13.4. The van der Waals surface area contributed by atoms with Crippen LogP contribution in [0.5, 0.6) is 0 Å². The second-order valence-corrected chi connectivity index (χ2v) is 4.43. The summed E-state index contributed by atoms with van der Waals surface area (Å²) in [5.41, 5.74) is -1.62. The van der Waals surface area contributed by atoms with Crippen molar-refractivity contribution in [2.45, 2.75) is 0 Å². The van der Waals surface area contributed by atoms with Crippen molar-refractivity contribution < 1.29 is 46.5 Å². The summed E-state index contributed by atoms with van der Waals surface area (Å²) in [6.07, 6.45) is 0. The lowest BCUT2D eigenvalue weighted by atomic mass is 10.2. The van der Waals surface area contributed by atoms with E-state index in [9.17, 15) is 36.3 Å². The summed E-state index contributed by atoms with van der Waals surface area (Å²) in [6, 6.07) is 0. The fraction of sp³-hybridized carbons (Fsp3) is 0.250. The van der Waals surface area contributed by atoms with Gasteiger partial charge in [-0.1, -0.05) is 0 Å². The number of anilines is 1. The minimum Gasteiger partial charge on any atom is -0.480 e. The molecule has 0 spiro atoms. The van der Waals surface area contributed by atoms with Crippen molar-refractivity contribution >= 4 is 23.5 Å². The molecule has 0 aliphatic carbocycles. The SMILES string of the molecule is O=C(O)CN(CC(=O)O)CC(=O)Nc1c(F)c(F)c(F)c(F)c1F. The molecule has 3 N–H and O–H groups in total. The molecule has 0 bridgehead atoms. The van der Waals surface area contributed by atoms with Gasteiger partial charge in [0.2, 0.25) is 11.7 Å². The summed E-state index contributed by atoms with van der Waals surface area (Å²) in [4.78, 5) is 33.2. The van der Waals surface area contributed by atoms with Crippen LogP contribution in [-0.4, -0.2) is 52.6 Å². The van der Waals surface area contributed by atoms with Gasteiger partial charge in [-0.15, -0.1) is 0 Å².